The zero-order valence-corrected chi connectivity index (χ0v) is 11.9. The number of hydrogen-bond donors (Lipinski definition) is 1. The quantitative estimate of drug-likeness (QED) is 0.942. The smallest absolute Gasteiger partial charge is 0.265 e. The summed E-state index contributed by atoms with van der Waals surface area (Å²) in [4.78, 5) is 12.5. The summed E-state index contributed by atoms with van der Waals surface area (Å²) < 4.78 is 2.75. The van der Waals surface area contributed by atoms with Crippen molar-refractivity contribution in [1.29, 1.82) is 0 Å². The van der Waals surface area contributed by atoms with Crippen LogP contribution in [-0.2, 0) is 0 Å². The van der Waals surface area contributed by atoms with Crippen molar-refractivity contribution in [3.8, 4) is 0 Å². The summed E-state index contributed by atoms with van der Waals surface area (Å²) >= 11 is 4.74. The molecule has 6 heteroatoms. The molecule has 0 unspecified atom stereocenters. The summed E-state index contributed by atoms with van der Waals surface area (Å²) in [5.41, 5.74) is 0.716. The van der Waals surface area contributed by atoms with Crippen molar-refractivity contribution >= 4 is 38.9 Å². The third-order valence-electron chi connectivity index (χ3n) is 2.19. The Morgan fingerprint density at radius 1 is 1.53 bits per heavy atom. The number of carbonyl (C=O) groups is 1. The van der Waals surface area contributed by atoms with Crippen LogP contribution in [0.4, 0.5) is 5.69 Å². The minimum absolute atomic E-state index is 0.107. The van der Waals surface area contributed by atoms with E-state index in [1.807, 2.05) is 26.1 Å². The number of aromatic nitrogens is 2. The van der Waals surface area contributed by atoms with Crippen molar-refractivity contribution in [3.63, 3.8) is 0 Å². The molecule has 4 nitrogen and oxygen atoms in total. The molecule has 2 aromatic heterocycles. The fourth-order valence-electron chi connectivity index (χ4n) is 1.31. The fraction of sp³-hybridized carbons (Fsp3) is 0.273. The van der Waals surface area contributed by atoms with E-state index in [1.54, 1.807) is 16.9 Å². The Kier molecular flexibility index (Phi) is 3.63. The number of amides is 1. The van der Waals surface area contributed by atoms with Crippen LogP contribution in [0.1, 0.15) is 29.6 Å². The summed E-state index contributed by atoms with van der Waals surface area (Å²) in [7, 11) is 0. The highest BCUT2D eigenvalue weighted by Gasteiger charge is 2.10. The van der Waals surface area contributed by atoms with Gasteiger partial charge < -0.3 is 5.32 Å². The van der Waals surface area contributed by atoms with Crippen LogP contribution in [-0.4, -0.2) is 15.7 Å². The highest BCUT2D eigenvalue weighted by molar-refractivity contribution is 9.11. The lowest BCUT2D eigenvalue weighted by Gasteiger charge is -2.03. The molecule has 0 radical (unpaired) electrons. The number of thiophene rings is 1. The van der Waals surface area contributed by atoms with E-state index in [4.69, 9.17) is 0 Å². The van der Waals surface area contributed by atoms with Gasteiger partial charge >= 0.3 is 0 Å². The second kappa shape index (κ2) is 5.01. The number of carbonyl (C=O) groups excluding carboxylic acids is 1. The summed E-state index contributed by atoms with van der Waals surface area (Å²) in [6, 6.07) is 3.94. The molecule has 2 aromatic rings. The summed E-state index contributed by atoms with van der Waals surface area (Å²) in [6.45, 7) is 4.07. The van der Waals surface area contributed by atoms with Gasteiger partial charge in [-0.2, -0.15) is 5.10 Å². The molecule has 0 saturated heterocycles. The average Bonchev–Trinajstić information content (AvgIpc) is 2.86. The van der Waals surface area contributed by atoms with Crippen LogP contribution in [0.3, 0.4) is 0 Å². The molecule has 0 fully saturated rings. The van der Waals surface area contributed by atoms with Gasteiger partial charge in [-0.05, 0) is 41.9 Å². The predicted molar refractivity (Wildman–Crippen MR) is 72.6 cm³/mol. The van der Waals surface area contributed by atoms with Gasteiger partial charge in [0.1, 0.15) is 0 Å². The first kappa shape index (κ1) is 12.3. The second-order valence-electron chi connectivity index (χ2n) is 3.86. The molecule has 0 aliphatic heterocycles. The molecule has 2 heterocycles. The Labute approximate surface area is 112 Å². The van der Waals surface area contributed by atoms with Gasteiger partial charge in [0.15, 0.2) is 0 Å². The average molecular weight is 314 g/mol. The maximum absolute atomic E-state index is 11.8. The predicted octanol–water partition coefficient (Wildman–Crippen LogP) is 3.54. The van der Waals surface area contributed by atoms with Crippen LogP contribution in [0.5, 0.6) is 0 Å². The number of hydrogen-bond acceptors (Lipinski definition) is 3. The maximum Gasteiger partial charge on any atom is 0.265 e. The molecule has 0 saturated carbocycles. The zero-order chi connectivity index (χ0) is 12.4. The van der Waals surface area contributed by atoms with Crippen LogP contribution < -0.4 is 5.32 Å². The van der Waals surface area contributed by atoms with Crippen molar-refractivity contribution in [2.24, 2.45) is 0 Å². The largest absolute Gasteiger partial charge is 0.319 e. The van der Waals surface area contributed by atoms with Crippen molar-refractivity contribution in [1.82, 2.24) is 9.78 Å². The second-order valence-corrected chi connectivity index (χ2v) is 6.32. The molecule has 1 amide bonds. The molecule has 17 heavy (non-hydrogen) atoms. The Morgan fingerprint density at radius 3 is 2.82 bits per heavy atom. The number of rotatable bonds is 3. The first-order chi connectivity index (χ1) is 8.06. The first-order valence-corrected chi connectivity index (χ1v) is 6.78. The molecule has 1 N–H and O–H groups in total. The Balaban J connectivity index is 2.07. The summed E-state index contributed by atoms with van der Waals surface area (Å²) in [6.07, 6.45) is 3.48. The topological polar surface area (TPSA) is 46.9 Å². The minimum atomic E-state index is -0.107. The number of anilines is 1. The van der Waals surface area contributed by atoms with Crippen LogP contribution in [0, 0.1) is 0 Å². The molecular formula is C11H12BrN3OS. The first-order valence-electron chi connectivity index (χ1n) is 5.17. The maximum atomic E-state index is 11.8. The third-order valence-corrected chi connectivity index (χ3v) is 3.81. The Bertz CT molecular complexity index is 532. The van der Waals surface area contributed by atoms with Crippen LogP contribution in [0.25, 0.3) is 0 Å². The molecule has 0 aromatic carbocycles. The number of nitrogens with one attached hydrogen (secondary N) is 1. The van der Waals surface area contributed by atoms with Gasteiger partial charge in [-0.25, -0.2) is 0 Å². The van der Waals surface area contributed by atoms with Gasteiger partial charge in [-0.1, -0.05) is 0 Å². The molecule has 0 aliphatic carbocycles. The minimum Gasteiger partial charge on any atom is -0.319 e. The molecule has 0 atom stereocenters. The van der Waals surface area contributed by atoms with E-state index in [1.165, 1.54) is 11.3 Å². The van der Waals surface area contributed by atoms with E-state index < -0.39 is 0 Å². The summed E-state index contributed by atoms with van der Waals surface area (Å²) in [5.74, 6) is -0.107. The Hall–Kier alpha value is -1.14. The van der Waals surface area contributed by atoms with Gasteiger partial charge in [0.25, 0.3) is 5.91 Å². The van der Waals surface area contributed by atoms with Gasteiger partial charge in [0, 0.05) is 12.2 Å². The van der Waals surface area contributed by atoms with E-state index in [-0.39, 0.29) is 11.9 Å². The van der Waals surface area contributed by atoms with E-state index >= 15 is 0 Å². The molecule has 0 aliphatic rings. The molecular weight excluding hydrogens is 302 g/mol. The molecule has 0 spiro atoms. The molecule has 90 valence electrons. The van der Waals surface area contributed by atoms with Gasteiger partial charge in [-0.15, -0.1) is 11.3 Å². The van der Waals surface area contributed by atoms with Crippen molar-refractivity contribution in [2.45, 2.75) is 19.9 Å². The van der Waals surface area contributed by atoms with Crippen LogP contribution in [0.15, 0.2) is 28.3 Å². The summed E-state index contributed by atoms with van der Waals surface area (Å²) in [5, 5.41) is 6.98. The molecule has 0 bridgehead atoms. The van der Waals surface area contributed by atoms with Gasteiger partial charge in [0.2, 0.25) is 0 Å². The highest BCUT2D eigenvalue weighted by Crippen LogP contribution is 2.23. The normalized spacial score (nSPS) is 10.8. The number of nitrogens with zero attached hydrogens (tertiary/aromatic N) is 2. The van der Waals surface area contributed by atoms with Crippen molar-refractivity contribution in [3.05, 3.63) is 33.2 Å². The Morgan fingerprint density at radius 2 is 2.29 bits per heavy atom. The lowest BCUT2D eigenvalue weighted by Crippen LogP contribution is -2.09. The SMILES string of the molecule is CC(C)n1cc(NC(=O)c2ccc(Br)s2)cn1. The monoisotopic (exact) mass is 313 g/mol. The van der Waals surface area contributed by atoms with Gasteiger partial charge in [0.05, 0.1) is 20.5 Å². The standard InChI is InChI=1S/C11H12BrN3OS/c1-7(2)15-6-8(5-13-15)14-11(16)9-3-4-10(12)17-9/h3-7H,1-2H3,(H,14,16). The van der Waals surface area contributed by atoms with E-state index in [2.05, 4.69) is 26.3 Å². The van der Waals surface area contributed by atoms with E-state index in [0.717, 1.165) is 3.79 Å². The van der Waals surface area contributed by atoms with Gasteiger partial charge in [-0.3, -0.25) is 9.48 Å². The van der Waals surface area contributed by atoms with Crippen LogP contribution in [0.2, 0.25) is 0 Å². The zero-order valence-electron chi connectivity index (χ0n) is 9.48. The lowest BCUT2D eigenvalue weighted by atomic mass is 10.4. The number of halogens is 1. The molecule has 2 rings (SSSR count). The van der Waals surface area contributed by atoms with Crippen molar-refractivity contribution in [2.75, 3.05) is 5.32 Å². The van der Waals surface area contributed by atoms with Crippen molar-refractivity contribution < 1.29 is 4.79 Å². The van der Waals surface area contributed by atoms with E-state index in [9.17, 15) is 4.79 Å². The van der Waals surface area contributed by atoms with Crippen LogP contribution >= 0.6 is 27.3 Å². The third kappa shape index (κ3) is 2.95. The highest BCUT2D eigenvalue weighted by atomic mass is 79.9. The lowest BCUT2D eigenvalue weighted by molar-refractivity contribution is 0.103. The van der Waals surface area contributed by atoms with E-state index in [0.29, 0.717) is 10.6 Å². The fourth-order valence-corrected chi connectivity index (χ4v) is 2.60.